The van der Waals surface area contributed by atoms with Gasteiger partial charge in [0.15, 0.2) is 0 Å². The molecule has 24 heavy (non-hydrogen) atoms. The molecule has 0 unspecified atom stereocenters. The van der Waals surface area contributed by atoms with E-state index in [-0.39, 0.29) is 5.91 Å². The third-order valence-electron chi connectivity index (χ3n) is 3.74. The predicted molar refractivity (Wildman–Crippen MR) is 101 cm³/mol. The van der Waals surface area contributed by atoms with E-state index >= 15 is 0 Å². The first-order valence-electron chi connectivity index (χ1n) is 7.23. The van der Waals surface area contributed by atoms with E-state index in [1.54, 1.807) is 36.9 Å². The Morgan fingerprint density at radius 3 is 2.42 bits per heavy atom. The van der Waals surface area contributed by atoms with E-state index in [1.807, 2.05) is 30.5 Å². The van der Waals surface area contributed by atoms with Gasteiger partial charge in [-0.05, 0) is 43.0 Å². The number of carbonyl (C=O) groups excluding carboxylic acids is 1. The molecule has 2 rings (SSSR count). The maximum atomic E-state index is 12.6. The van der Waals surface area contributed by atoms with Gasteiger partial charge in [0.1, 0.15) is 0 Å². The van der Waals surface area contributed by atoms with Crippen LogP contribution >= 0.6 is 11.8 Å². The van der Waals surface area contributed by atoms with Crippen LogP contribution in [0.4, 0.5) is 11.4 Å². The lowest BCUT2D eigenvalue weighted by Gasteiger charge is -2.20. The standard InChI is InChI=1S/C17H20N2O3S2/c1-12-13(8-7-10-15(12)19(2)24(4,21)22)17(20)18-14-9-5-6-11-16(14)23-3/h5-11H,1-4H3,(H,18,20). The molecular formula is C17H20N2O3S2. The smallest absolute Gasteiger partial charge is 0.256 e. The average Bonchev–Trinajstić information content (AvgIpc) is 2.54. The Hall–Kier alpha value is -1.99. The number of hydrogen-bond donors (Lipinski definition) is 1. The minimum atomic E-state index is -3.39. The predicted octanol–water partition coefficient (Wildman–Crippen LogP) is 3.37. The highest BCUT2D eigenvalue weighted by Gasteiger charge is 2.19. The van der Waals surface area contributed by atoms with Crippen molar-refractivity contribution in [2.24, 2.45) is 0 Å². The van der Waals surface area contributed by atoms with Crippen molar-refractivity contribution in [3.05, 3.63) is 53.6 Å². The summed E-state index contributed by atoms with van der Waals surface area (Å²) in [6, 6.07) is 12.6. The Kier molecular flexibility index (Phi) is 5.56. The number of sulfonamides is 1. The summed E-state index contributed by atoms with van der Waals surface area (Å²) in [5.41, 5.74) is 2.28. The first kappa shape index (κ1) is 18.4. The molecule has 0 fully saturated rings. The summed E-state index contributed by atoms with van der Waals surface area (Å²) < 4.78 is 24.7. The number of thioether (sulfide) groups is 1. The van der Waals surface area contributed by atoms with Crippen molar-refractivity contribution in [3.63, 3.8) is 0 Å². The number of amides is 1. The van der Waals surface area contributed by atoms with Gasteiger partial charge in [-0.15, -0.1) is 11.8 Å². The largest absolute Gasteiger partial charge is 0.321 e. The molecule has 0 aliphatic rings. The summed E-state index contributed by atoms with van der Waals surface area (Å²) in [5.74, 6) is -0.266. The number of nitrogens with one attached hydrogen (secondary N) is 1. The van der Waals surface area contributed by atoms with Crippen LogP contribution in [0.1, 0.15) is 15.9 Å². The third kappa shape index (κ3) is 3.91. The number of rotatable bonds is 5. The molecule has 0 spiro atoms. The van der Waals surface area contributed by atoms with Crippen LogP contribution in [0, 0.1) is 6.92 Å². The van der Waals surface area contributed by atoms with Crippen LogP contribution in [0.3, 0.4) is 0 Å². The third-order valence-corrected chi connectivity index (χ3v) is 5.73. The van der Waals surface area contributed by atoms with Crippen LogP contribution in [-0.2, 0) is 10.0 Å². The SMILES string of the molecule is CSc1ccccc1NC(=O)c1cccc(N(C)S(C)(=O)=O)c1C. The fraction of sp³-hybridized carbons (Fsp3) is 0.235. The Labute approximate surface area is 147 Å². The van der Waals surface area contributed by atoms with Crippen molar-refractivity contribution >= 4 is 39.1 Å². The van der Waals surface area contributed by atoms with Gasteiger partial charge in [-0.25, -0.2) is 8.42 Å². The first-order chi connectivity index (χ1) is 11.3. The van der Waals surface area contributed by atoms with E-state index in [9.17, 15) is 13.2 Å². The molecule has 0 saturated carbocycles. The lowest BCUT2D eigenvalue weighted by atomic mass is 10.1. The highest BCUT2D eigenvalue weighted by atomic mass is 32.2. The summed E-state index contributed by atoms with van der Waals surface area (Å²) >= 11 is 1.55. The van der Waals surface area contributed by atoms with Gasteiger partial charge < -0.3 is 5.32 Å². The Morgan fingerprint density at radius 2 is 1.79 bits per heavy atom. The molecular weight excluding hydrogens is 344 g/mol. The van der Waals surface area contributed by atoms with Crippen molar-refractivity contribution in [2.45, 2.75) is 11.8 Å². The van der Waals surface area contributed by atoms with Gasteiger partial charge in [-0.2, -0.15) is 0 Å². The van der Waals surface area contributed by atoms with E-state index in [0.717, 1.165) is 16.8 Å². The molecule has 2 aromatic rings. The molecule has 2 aromatic carbocycles. The zero-order valence-corrected chi connectivity index (χ0v) is 15.7. The molecule has 7 heteroatoms. The number of carbonyl (C=O) groups is 1. The van der Waals surface area contributed by atoms with Gasteiger partial charge in [0.05, 0.1) is 17.6 Å². The van der Waals surface area contributed by atoms with Crippen molar-refractivity contribution in [1.82, 2.24) is 0 Å². The molecule has 0 saturated heterocycles. The second-order valence-corrected chi connectivity index (χ2v) is 8.20. The fourth-order valence-corrected chi connectivity index (χ4v) is 3.44. The van der Waals surface area contributed by atoms with Crippen LogP contribution in [-0.4, -0.2) is 33.9 Å². The van der Waals surface area contributed by atoms with E-state index in [4.69, 9.17) is 0 Å². The highest BCUT2D eigenvalue weighted by Crippen LogP contribution is 2.27. The molecule has 0 heterocycles. The maximum absolute atomic E-state index is 12.6. The Morgan fingerprint density at radius 1 is 1.12 bits per heavy atom. The minimum Gasteiger partial charge on any atom is -0.321 e. The van der Waals surface area contributed by atoms with Crippen LogP contribution in [0.25, 0.3) is 0 Å². The van der Waals surface area contributed by atoms with Crippen molar-refractivity contribution in [1.29, 1.82) is 0 Å². The Balaban J connectivity index is 2.37. The van der Waals surface area contributed by atoms with Crippen LogP contribution < -0.4 is 9.62 Å². The lowest BCUT2D eigenvalue weighted by Crippen LogP contribution is -2.26. The van der Waals surface area contributed by atoms with Gasteiger partial charge in [0.2, 0.25) is 10.0 Å². The summed E-state index contributed by atoms with van der Waals surface area (Å²) in [6.45, 7) is 1.74. The second-order valence-electron chi connectivity index (χ2n) is 5.33. The topological polar surface area (TPSA) is 66.5 Å². The quantitative estimate of drug-likeness (QED) is 0.826. The number of anilines is 2. The van der Waals surface area contributed by atoms with Crippen LogP contribution in [0.5, 0.6) is 0 Å². The molecule has 0 aliphatic carbocycles. The minimum absolute atomic E-state index is 0.266. The van der Waals surface area contributed by atoms with E-state index in [0.29, 0.717) is 16.8 Å². The number of benzene rings is 2. The van der Waals surface area contributed by atoms with Gasteiger partial charge in [-0.1, -0.05) is 18.2 Å². The van der Waals surface area contributed by atoms with E-state index in [2.05, 4.69) is 5.32 Å². The van der Waals surface area contributed by atoms with Crippen molar-refractivity contribution in [2.75, 3.05) is 29.2 Å². The summed E-state index contributed by atoms with van der Waals surface area (Å²) in [6.07, 6.45) is 3.08. The zero-order valence-electron chi connectivity index (χ0n) is 14.0. The average molecular weight is 364 g/mol. The van der Waals surface area contributed by atoms with Gasteiger partial charge in [0.25, 0.3) is 5.91 Å². The highest BCUT2D eigenvalue weighted by molar-refractivity contribution is 7.98. The molecule has 128 valence electrons. The number of hydrogen-bond acceptors (Lipinski definition) is 4. The summed E-state index contributed by atoms with van der Waals surface area (Å²) in [7, 11) is -1.92. The molecule has 0 radical (unpaired) electrons. The van der Waals surface area contributed by atoms with Gasteiger partial charge >= 0.3 is 0 Å². The normalized spacial score (nSPS) is 11.2. The number of para-hydroxylation sites is 1. The van der Waals surface area contributed by atoms with Crippen LogP contribution in [0.15, 0.2) is 47.4 Å². The van der Waals surface area contributed by atoms with Crippen molar-refractivity contribution in [3.8, 4) is 0 Å². The monoisotopic (exact) mass is 364 g/mol. The molecule has 1 amide bonds. The summed E-state index contributed by atoms with van der Waals surface area (Å²) in [5, 5.41) is 2.90. The first-order valence-corrected chi connectivity index (χ1v) is 10.3. The molecule has 1 N–H and O–H groups in total. The molecule has 0 bridgehead atoms. The van der Waals surface area contributed by atoms with E-state index < -0.39 is 10.0 Å². The zero-order chi connectivity index (χ0) is 17.9. The van der Waals surface area contributed by atoms with Crippen LogP contribution in [0.2, 0.25) is 0 Å². The molecule has 5 nitrogen and oxygen atoms in total. The van der Waals surface area contributed by atoms with Crippen molar-refractivity contribution < 1.29 is 13.2 Å². The molecule has 0 aliphatic heterocycles. The van der Waals surface area contributed by atoms with Gasteiger partial charge in [-0.3, -0.25) is 9.10 Å². The fourth-order valence-electron chi connectivity index (χ4n) is 2.33. The Bertz CT molecular complexity index is 864. The van der Waals surface area contributed by atoms with E-state index in [1.165, 1.54) is 11.4 Å². The second kappa shape index (κ2) is 7.27. The molecule has 0 aromatic heterocycles. The lowest BCUT2D eigenvalue weighted by molar-refractivity contribution is 0.102. The number of nitrogens with zero attached hydrogens (tertiary/aromatic N) is 1. The molecule has 0 atom stereocenters. The maximum Gasteiger partial charge on any atom is 0.256 e. The summed E-state index contributed by atoms with van der Waals surface area (Å²) in [4.78, 5) is 13.6. The van der Waals surface area contributed by atoms with Gasteiger partial charge in [0, 0.05) is 17.5 Å².